The molecule has 2 aromatic rings. The molecule has 6 nitrogen and oxygen atoms in total. The van der Waals surface area contributed by atoms with Gasteiger partial charge < -0.3 is 14.3 Å². The monoisotopic (exact) mass is 248 g/mol. The topological polar surface area (TPSA) is 85.5 Å². The van der Waals surface area contributed by atoms with Gasteiger partial charge in [0, 0.05) is 6.92 Å². The zero-order valence-corrected chi connectivity index (χ0v) is 10.0. The zero-order chi connectivity index (χ0) is 13.1. The molecule has 94 valence electrons. The molecule has 0 saturated carbocycles. The van der Waals surface area contributed by atoms with Crippen LogP contribution in [-0.4, -0.2) is 21.3 Å². The largest absolute Gasteiger partial charge is 0.483 e. The summed E-state index contributed by atoms with van der Waals surface area (Å²) < 4.78 is 10.6. The second-order valence-electron chi connectivity index (χ2n) is 3.76. The van der Waals surface area contributed by atoms with Gasteiger partial charge >= 0.3 is 5.97 Å². The highest BCUT2D eigenvalue weighted by atomic mass is 16.5. The first kappa shape index (κ1) is 12.1. The molecule has 0 unspecified atom stereocenters. The second kappa shape index (κ2) is 4.87. The average molecular weight is 248 g/mol. The third-order valence-electron chi connectivity index (χ3n) is 2.35. The number of nitrogens with zero attached hydrogens (tertiary/aromatic N) is 2. The molecule has 0 amide bonds. The van der Waals surface area contributed by atoms with Crippen molar-refractivity contribution in [2.45, 2.75) is 20.5 Å². The van der Waals surface area contributed by atoms with E-state index in [2.05, 4.69) is 10.2 Å². The van der Waals surface area contributed by atoms with Crippen LogP contribution in [-0.2, 0) is 6.61 Å². The quantitative estimate of drug-likeness (QED) is 0.890. The van der Waals surface area contributed by atoms with E-state index in [4.69, 9.17) is 14.3 Å². The molecule has 0 saturated heterocycles. The average Bonchev–Trinajstić information content (AvgIpc) is 2.73. The molecule has 0 spiro atoms. The van der Waals surface area contributed by atoms with Gasteiger partial charge in [-0.2, -0.15) is 0 Å². The Morgan fingerprint density at radius 2 is 2.17 bits per heavy atom. The number of ether oxygens (including phenoxy) is 1. The molecule has 1 heterocycles. The molecule has 0 aliphatic carbocycles. The number of carboxylic acids is 1. The molecular formula is C12H12N2O4. The lowest BCUT2D eigenvalue weighted by Crippen LogP contribution is -2.05. The third-order valence-corrected chi connectivity index (χ3v) is 2.35. The van der Waals surface area contributed by atoms with E-state index in [-0.39, 0.29) is 12.2 Å². The highest BCUT2D eigenvalue weighted by Crippen LogP contribution is 2.24. The Labute approximate surface area is 103 Å². The van der Waals surface area contributed by atoms with E-state index < -0.39 is 5.97 Å². The predicted molar refractivity (Wildman–Crippen MR) is 61.5 cm³/mol. The van der Waals surface area contributed by atoms with Gasteiger partial charge in [-0.05, 0) is 18.6 Å². The summed E-state index contributed by atoms with van der Waals surface area (Å²) in [6.45, 7) is 3.50. The maximum atomic E-state index is 11.1. The van der Waals surface area contributed by atoms with Crippen LogP contribution in [0.1, 0.15) is 27.7 Å². The van der Waals surface area contributed by atoms with Gasteiger partial charge in [-0.25, -0.2) is 4.79 Å². The van der Waals surface area contributed by atoms with E-state index in [1.807, 2.05) is 0 Å². The van der Waals surface area contributed by atoms with E-state index >= 15 is 0 Å². The summed E-state index contributed by atoms with van der Waals surface area (Å²) in [5.41, 5.74) is 0.859. The van der Waals surface area contributed by atoms with Gasteiger partial charge in [0.05, 0.1) is 0 Å². The number of rotatable bonds is 4. The number of hydrogen-bond donors (Lipinski definition) is 1. The fourth-order valence-corrected chi connectivity index (χ4v) is 1.54. The van der Waals surface area contributed by atoms with Crippen LogP contribution in [0, 0.1) is 13.8 Å². The number of carboxylic acid groups (broad SMARTS) is 1. The summed E-state index contributed by atoms with van der Waals surface area (Å²) in [5.74, 6) is 0.0418. The Bertz CT molecular complexity index is 577. The summed E-state index contributed by atoms with van der Waals surface area (Å²) in [6.07, 6.45) is 0. The van der Waals surface area contributed by atoms with Crippen molar-refractivity contribution in [2.75, 3.05) is 0 Å². The summed E-state index contributed by atoms with van der Waals surface area (Å²) in [7, 11) is 0. The van der Waals surface area contributed by atoms with Crippen LogP contribution in [0.15, 0.2) is 22.6 Å². The Kier molecular flexibility index (Phi) is 3.27. The standard InChI is InChI=1S/C12H12N2O4/c1-7-4-3-5-9(12(15)16)11(7)17-6-10-14-13-8(2)18-10/h3-5H,6H2,1-2H3,(H,15,16). The van der Waals surface area contributed by atoms with Gasteiger partial charge in [-0.15, -0.1) is 10.2 Å². The van der Waals surface area contributed by atoms with E-state index in [0.29, 0.717) is 17.5 Å². The smallest absolute Gasteiger partial charge is 0.339 e. The van der Waals surface area contributed by atoms with E-state index in [9.17, 15) is 4.79 Å². The van der Waals surface area contributed by atoms with Crippen molar-refractivity contribution in [2.24, 2.45) is 0 Å². The highest BCUT2D eigenvalue weighted by Gasteiger charge is 2.14. The van der Waals surface area contributed by atoms with Crippen LogP contribution in [0.3, 0.4) is 0 Å². The molecule has 18 heavy (non-hydrogen) atoms. The summed E-state index contributed by atoms with van der Waals surface area (Å²) in [4.78, 5) is 11.1. The summed E-state index contributed by atoms with van der Waals surface area (Å²) in [6, 6.07) is 4.94. The van der Waals surface area contributed by atoms with Crippen molar-refractivity contribution in [1.82, 2.24) is 10.2 Å². The molecule has 0 atom stereocenters. The minimum Gasteiger partial charge on any atom is -0.483 e. The number of hydrogen-bond acceptors (Lipinski definition) is 5. The number of aromatic carboxylic acids is 1. The lowest BCUT2D eigenvalue weighted by atomic mass is 10.1. The van der Waals surface area contributed by atoms with Crippen LogP contribution in [0.5, 0.6) is 5.75 Å². The number of benzene rings is 1. The summed E-state index contributed by atoms with van der Waals surface area (Å²) in [5, 5.41) is 16.5. The normalized spacial score (nSPS) is 10.3. The predicted octanol–water partition coefficient (Wildman–Crippen LogP) is 1.96. The zero-order valence-electron chi connectivity index (χ0n) is 10.0. The molecule has 0 radical (unpaired) electrons. The first-order valence-corrected chi connectivity index (χ1v) is 5.32. The van der Waals surface area contributed by atoms with E-state index in [1.165, 1.54) is 6.07 Å². The van der Waals surface area contributed by atoms with E-state index in [1.54, 1.807) is 26.0 Å². The van der Waals surface area contributed by atoms with Crippen LogP contribution in [0.25, 0.3) is 0 Å². The first-order valence-electron chi connectivity index (χ1n) is 5.32. The third kappa shape index (κ3) is 2.48. The first-order chi connectivity index (χ1) is 8.58. The van der Waals surface area contributed by atoms with Gasteiger partial charge in [-0.3, -0.25) is 0 Å². The minimum absolute atomic E-state index is 0.0476. The maximum Gasteiger partial charge on any atom is 0.339 e. The Balaban J connectivity index is 2.20. The fraction of sp³-hybridized carbons (Fsp3) is 0.250. The van der Waals surface area contributed by atoms with Crippen molar-refractivity contribution in [1.29, 1.82) is 0 Å². The Morgan fingerprint density at radius 1 is 1.39 bits per heavy atom. The van der Waals surface area contributed by atoms with Crippen molar-refractivity contribution < 1.29 is 19.1 Å². The van der Waals surface area contributed by atoms with E-state index in [0.717, 1.165) is 5.56 Å². The lowest BCUT2D eigenvalue weighted by Gasteiger charge is -2.09. The SMILES string of the molecule is Cc1nnc(COc2c(C)cccc2C(=O)O)o1. The molecule has 0 fully saturated rings. The van der Waals surface area contributed by atoms with Crippen molar-refractivity contribution >= 4 is 5.97 Å². The molecule has 6 heteroatoms. The molecule has 0 bridgehead atoms. The van der Waals surface area contributed by atoms with Crippen LogP contribution >= 0.6 is 0 Å². The number of aromatic nitrogens is 2. The van der Waals surface area contributed by atoms with Crippen LogP contribution < -0.4 is 4.74 Å². The summed E-state index contributed by atoms with van der Waals surface area (Å²) >= 11 is 0. The Hall–Kier alpha value is -2.37. The van der Waals surface area contributed by atoms with Gasteiger partial charge in [-0.1, -0.05) is 12.1 Å². The molecule has 0 aliphatic heterocycles. The van der Waals surface area contributed by atoms with Gasteiger partial charge in [0.1, 0.15) is 11.3 Å². The fourth-order valence-electron chi connectivity index (χ4n) is 1.54. The van der Waals surface area contributed by atoms with Gasteiger partial charge in [0.25, 0.3) is 5.89 Å². The maximum absolute atomic E-state index is 11.1. The van der Waals surface area contributed by atoms with Crippen LogP contribution in [0.2, 0.25) is 0 Å². The Morgan fingerprint density at radius 3 is 2.78 bits per heavy atom. The minimum atomic E-state index is -1.03. The van der Waals surface area contributed by atoms with Gasteiger partial charge in [0.15, 0.2) is 6.61 Å². The molecule has 1 aromatic heterocycles. The lowest BCUT2D eigenvalue weighted by molar-refractivity contribution is 0.0691. The molecular weight excluding hydrogens is 236 g/mol. The van der Waals surface area contributed by atoms with Crippen molar-refractivity contribution in [3.63, 3.8) is 0 Å². The number of aryl methyl sites for hydroxylation is 2. The van der Waals surface area contributed by atoms with Gasteiger partial charge in [0.2, 0.25) is 5.89 Å². The second-order valence-corrected chi connectivity index (χ2v) is 3.76. The molecule has 0 aliphatic rings. The van der Waals surface area contributed by atoms with Crippen molar-refractivity contribution in [3.05, 3.63) is 41.1 Å². The highest BCUT2D eigenvalue weighted by molar-refractivity contribution is 5.91. The molecule has 1 aromatic carbocycles. The molecule has 2 rings (SSSR count). The number of para-hydroxylation sites is 1. The number of carbonyl (C=O) groups is 1. The van der Waals surface area contributed by atoms with Crippen LogP contribution in [0.4, 0.5) is 0 Å². The molecule has 1 N–H and O–H groups in total. The van der Waals surface area contributed by atoms with Crippen molar-refractivity contribution in [3.8, 4) is 5.75 Å².